The Morgan fingerprint density at radius 3 is 3.00 bits per heavy atom. The number of nitrogens with zero attached hydrogens (tertiary/aromatic N) is 2. The molecule has 3 N–H and O–H groups in total. The van der Waals surface area contributed by atoms with Crippen molar-refractivity contribution in [3.63, 3.8) is 0 Å². The zero-order valence-electron chi connectivity index (χ0n) is 8.20. The van der Waals surface area contributed by atoms with Gasteiger partial charge in [0.25, 0.3) is 0 Å². The van der Waals surface area contributed by atoms with E-state index in [4.69, 9.17) is 12.2 Å². The molecule has 1 atom stereocenters. The van der Waals surface area contributed by atoms with Crippen molar-refractivity contribution < 1.29 is 0 Å². The van der Waals surface area contributed by atoms with Crippen molar-refractivity contribution in [1.29, 1.82) is 0 Å². The van der Waals surface area contributed by atoms with Gasteiger partial charge in [-0.25, -0.2) is 9.97 Å². The van der Waals surface area contributed by atoms with Crippen molar-refractivity contribution in [3.8, 4) is 12.3 Å². The summed E-state index contributed by atoms with van der Waals surface area (Å²) in [6.07, 6.45) is 8.31. The molecule has 0 bridgehead atoms. The lowest BCUT2D eigenvalue weighted by Gasteiger charge is -2.14. The summed E-state index contributed by atoms with van der Waals surface area (Å²) < 4.78 is 0. The molecule has 1 aromatic heterocycles. The maximum atomic E-state index is 5.52. The molecule has 1 unspecified atom stereocenters. The average Bonchev–Trinajstić information content (AvgIpc) is 2.17. The predicted molar refractivity (Wildman–Crippen MR) is 57.6 cm³/mol. The van der Waals surface area contributed by atoms with Gasteiger partial charge in [0.1, 0.15) is 18.0 Å². The second-order valence-corrected chi connectivity index (χ2v) is 2.99. The minimum absolute atomic E-state index is 0.245. The van der Waals surface area contributed by atoms with Gasteiger partial charge in [-0.05, 0) is 6.42 Å². The summed E-state index contributed by atoms with van der Waals surface area (Å²) in [5.41, 5.74) is 5.52. The fourth-order valence-electron chi connectivity index (χ4n) is 1.10. The highest BCUT2D eigenvalue weighted by atomic mass is 15.0. The second-order valence-electron chi connectivity index (χ2n) is 2.99. The Bertz CT molecular complexity index is 329. The number of aromatic nitrogens is 2. The number of nitrogen functional groups attached to an aromatic ring is 1. The van der Waals surface area contributed by atoms with Crippen molar-refractivity contribution >= 4 is 11.6 Å². The lowest BCUT2D eigenvalue weighted by Crippen LogP contribution is -2.18. The van der Waals surface area contributed by atoms with Crippen LogP contribution in [0.1, 0.15) is 19.8 Å². The van der Waals surface area contributed by atoms with Crippen LogP contribution in [0, 0.1) is 12.3 Å². The van der Waals surface area contributed by atoms with Crippen molar-refractivity contribution in [2.24, 2.45) is 0 Å². The fourth-order valence-corrected chi connectivity index (χ4v) is 1.10. The van der Waals surface area contributed by atoms with Crippen molar-refractivity contribution in [2.75, 3.05) is 11.1 Å². The van der Waals surface area contributed by atoms with Crippen LogP contribution in [-0.2, 0) is 0 Å². The normalized spacial score (nSPS) is 11.7. The molecule has 4 nitrogen and oxygen atoms in total. The summed E-state index contributed by atoms with van der Waals surface area (Å²) >= 11 is 0. The number of hydrogen-bond acceptors (Lipinski definition) is 4. The first-order valence-electron chi connectivity index (χ1n) is 4.53. The van der Waals surface area contributed by atoms with Crippen molar-refractivity contribution in [1.82, 2.24) is 9.97 Å². The van der Waals surface area contributed by atoms with Crippen LogP contribution in [0.5, 0.6) is 0 Å². The second kappa shape index (κ2) is 5.07. The summed E-state index contributed by atoms with van der Waals surface area (Å²) in [7, 11) is 0. The van der Waals surface area contributed by atoms with Gasteiger partial charge < -0.3 is 11.1 Å². The topological polar surface area (TPSA) is 63.8 Å². The summed E-state index contributed by atoms with van der Waals surface area (Å²) in [5, 5.41) is 3.20. The van der Waals surface area contributed by atoms with E-state index < -0.39 is 0 Å². The maximum absolute atomic E-state index is 5.52. The molecule has 14 heavy (non-hydrogen) atoms. The molecule has 0 saturated heterocycles. The standard InChI is InChI=1S/C10H14N4/c1-3-5-8(4-2)14-10-6-9(11)12-7-13-10/h1,6-8H,4-5H2,2H3,(H3,11,12,13,14). The molecule has 4 heteroatoms. The number of anilines is 2. The van der Waals surface area contributed by atoms with E-state index in [0.717, 1.165) is 12.2 Å². The highest BCUT2D eigenvalue weighted by Gasteiger charge is 2.04. The van der Waals surface area contributed by atoms with Crippen LogP contribution >= 0.6 is 0 Å². The van der Waals surface area contributed by atoms with Crippen LogP contribution in [0.25, 0.3) is 0 Å². The van der Waals surface area contributed by atoms with Gasteiger partial charge >= 0.3 is 0 Å². The Labute approximate surface area is 83.9 Å². The Balaban J connectivity index is 2.63. The molecule has 1 aromatic rings. The van der Waals surface area contributed by atoms with E-state index in [1.807, 2.05) is 0 Å². The minimum atomic E-state index is 0.245. The van der Waals surface area contributed by atoms with Crippen LogP contribution < -0.4 is 11.1 Å². The van der Waals surface area contributed by atoms with Gasteiger partial charge in [-0.15, -0.1) is 12.3 Å². The first-order valence-corrected chi connectivity index (χ1v) is 4.53. The van der Waals surface area contributed by atoms with Gasteiger partial charge in [-0.2, -0.15) is 0 Å². The van der Waals surface area contributed by atoms with E-state index in [9.17, 15) is 0 Å². The molecule has 1 rings (SSSR count). The quantitative estimate of drug-likeness (QED) is 0.702. The number of hydrogen-bond donors (Lipinski definition) is 2. The Kier molecular flexibility index (Phi) is 3.74. The molecule has 0 radical (unpaired) electrons. The highest BCUT2D eigenvalue weighted by Crippen LogP contribution is 2.09. The van der Waals surface area contributed by atoms with Gasteiger partial charge in [0, 0.05) is 18.5 Å². The molecule has 0 aliphatic carbocycles. The van der Waals surface area contributed by atoms with E-state index in [-0.39, 0.29) is 6.04 Å². The summed E-state index contributed by atoms with van der Waals surface area (Å²) in [6.45, 7) is 2.07. The summed E-state index contributed by atoms with van der Waals surface area (Å²) in [6, 6.07) is 1.94. The number of terminal acetylenes is 1. The fraction of sp³-hybridized carbons (Fsp3) is 0.400. The van der Waals surface area contributed by atoms with E-state index in [0.29, 0.717) is 12.2 Å². The molecule has 0 aliphatic rings. The third-order valence-corrected chi connectivity index (χ3v) is 1.90. The van der Waals surface area contributed by atoms with E-state index in [2.05, 4.69) is 28.1 Å². The molecule has 0 amide bonds. The third kappa shape index (κ3) is 2.94. The Hall–Kier alpha value is -1.76. The smallest absolute Gasteiger partial charge is 0.131 e. The summed E-state index contributed by atoms with van der Waals surface area (Å²) in [5.74, 6) is 3.79. The van der Waals surface area contributed by atoms with Gasteiger partial charge in [0.2, 0.25) is 0 Å². The molecule has 0 spiro atoms. The first-order chi connectivity index (χ1) is 6.76. The van der Waals surface area contributed by atoms with Crippen molar-refractivity contribution in [2.45, 2.75) is 25.8 Å². The molecular weight excluding hydrogens is 176 g/mol. The maximum Gasteiger partial charge on any atom is 0.131 e. The van der Waals surface area contributed by atoms with Gasteiger partial charge in [-0.1, -0.05) is 6.92 Å². The van der Waals surface area contributed by atoms with Crippen LogP contribution in [0.15, 0.2) is 12.4 Å². The molecule has 74 valence electrons. The van der Waals surface area contributed by atoms with Gasteiger partial charge in [-0.3, -0.25) is 0 Å². The van der Waals surface area contributed by atoms with Crippen LogP contribution in [0.3, 0.4) is 0 Å². The third-order valence-electron chi connectivity index (χ3n) is 1.90. The molecule has 0 aliphatic heterocycles. The zero-order chi connectivity index (χ0) is 10.4. The average molecular weight is 190 g/mol. The molecule has 0 saturated carbocycles. The lowest BCUT2D eigenvalue weighted by atomic mass is 10.1. The van der Waals surface area contributed by atoms with Crippen LogP contribution in [0.4, 0.5) is 11.6 Å². The Morgan fingerprint density at radius 2 is 2.43 bits per heavy atom. The zero-order valence-corrected chi connectivity index (χ0v) is 8.20. The van der Waals surface area contributed by atoms with E-state index in [1.54, 1.807) is 6.07 Å². The summed E-state index contributed by atoms with van der Waals surface area (Å²) in [4.78, 5) is 7.84. The van der Waals surface area contributed by atoms with Gasteiger partial charge in [0.15, 0.2) is 0 Å². The number of nitrogens with one attached hydrogen (secondary N) is 1. The minimum Gasteiger partial charge on any atom is -0.384 e. The lowest BCUT2D eigenvalue weighted by molar-refractivity contribution is 0.711. The van der Waals surface area contributed by atoms with E-state index >= 15 is 0 Å². The number of rotatable bonds is 4. The van der Waals surface area contributed by atoms with E-state index in [1.165, 1.54) is 6.33 Å². The van der Waals surface area contributed by atoms with Crippen LogP contribution in [0.2, 0.25) is 0 Å². The SMILES string of the molecule is C#CCC(CC)Nc1cc(N)ncn1. The largest absolute Gasteiger partial charge is 0.384 e. The van der Waals surface area contributed by atoms with Crippen LogP contribution in [-0.4, -0.2) is 16.0 Å². The molecule has 0 aromatic carbocycles. The molecule has 0 fully saturated rings. The number of nitrogens with two attached hydrogens (primary N) is 1. The Morgan fingerprint density at radius 1 is 1.64 bits per heavy atom. The monoisotopic (exact) mass is 190 g/mol. The predicted octanol–water partition coefficient (Wildman–Crippen LogP) is 1.27. The van der Waals surface area contributed by atoms with Gasteiger partial charge in [0.05, 0.1) is 0 Å². The first kappa shape index (κ1) is 10.3. The highest BCUT2D eigenvalue weighted by molar-refractivity contribution is 5.44. The molecule has 1 heterocycles. The van der Waals surface area contributed by atoms with Crippen molar-refractivity contribution in [3.05, 3.63) is 12.4 Å². The molecular formula is C10H14N4.